The highest BCUT2D eigenvalue weighted by atomic mass is 32.2. The third-order valence-corrected chi connectivity index (χ3v) is 6.34. The molecule has 0 aromatic heterocycles. The summed E-state index contributed by atoms with van der Waals surface area (Å²) in [4.78, 5) is 60.5. The molecule has 4 unspecified atom stereocenters. The van der Waals surface area contributed by atoms with Gasteiger partial charge in [0.25, 0.3) is 0 Å². The lowest BCUT2D eigenvalue weighted by Gasteiger charge is -2.25. The maximum Gasteiger partial charge on any atom is 0.326 e. The molecule has 0 saturated heterocycles. The minimum Gasteiger partial charge on any atom is -0.481 e. The Bertz CT molecular complexity index is 699. The molecule has 14 heteroatoms. The SMILES string of the molecule is CSCCC(NC(=O)C(N)CCC(=O)O)C(=O)NC(CCSC)C(=O)NC(CCCCN)C(=O)O. The number of amides is 3. The zero-order chi connectivity index (χ0) is 26.8. The zero-order valence-corrected chi connectivity index (χ0v) is 21.9. The fraction of sp³-hybridized carbons (Fsp3) is 0.762. The first-order valence-electron chi connectivity index (χ1n) is 11.4. The van der Waals surface area contributed by atoms with Crippen LogP contribution in [-0.2, 0) is 24.0 Å². The van der Waals surface area contributed by atoms with Crippen molar-refractivity contribution in [3.63, 3.8) is 0 Å². The fourth-order valence-corrected chi connectivity index (χ4v) is 3.94. The van der Waals surface area contributed by atoms with Gasteiger partial charge in [-0.3, -0.25) is 19.2 Å². The third-order valence-electron chi connectivity index (χ3n) is 5.05. The standard InChI is InChI=1S/C21H39N5O7S2/c1-34-11-8-14(24-18(29)13(23)6-7-17(27)28)19(30)25-15(9-12-35-2)20(31)26-16(21(32)33)5-3-4-10-22/h13-16H,3-12,22-23H2,1-2H3,(H,24,29)(H,25,30)(H,26,31)(H,27,28)(H,32,33). The molecule has 0 rings (SSSR count). The highest BCUT2D eigenvalue weighted by molar-refractivity contribution is 7.98. The number of hydrogen-bond donors (Lipinski definition) is 7. The predicted octanol–water partition coefficient (Wildman–Crippen LogP) is -0.647. The van der Waals surface area contributed by atoms with E-state index in [0.29, 0.717) is 30.9 Å². The number of carboxylic acids is 2. The molecule has 0 aliphatic carbocycles. The fourth-order valence-electron chi connectivity index (χ4n) is 2.99. The average Bonchev–Trinajstić information content (AvgIpc) is 2.81. The second kappa shape index (κ2) is 19.2. The number of aliphatic carboxylic acids is 2. The van der Waals surface area contributed by atoms with Gasteiger partial charge in [-0.25, -0.2) is 4.79 Å². The van der Waals surface area contributed by atoms with E-state index in [0.717, 1.165) is 0 Å². The number of hydrogen-bond acceptors (Lipinski definition) is 9. The molecule has 0 heterocycles. The first-order valence-corrected chi connectivity index (χ1v) is 14.1. The molecule has 202 valence electrons. The Labute approximate surface area is 214 Å². The van der Waals surface area contributed by atoms with Crippen LogP contribution in [-0.4, -0.2) is 94.6 Å². The summed E-state index contributed by atoms with van der Waals surface area (Å²) in [5, 5.41) is 25.9. The molecule has 0 aromatic rings. The van der Waals surface area contributed by atoms with E-state index in [1.165, 1.54) is 23.5 Å². The normalized spacial score (nSPS) is 14.3. The van der Waals surface area contributed by atoms with Crippen molar-refractivity contribution in [3.05, 3.63) is 0 Å². The van der Waals surface area contributed by atoms with Gasteiger partial charge in [0, 0.05) is 6.42 Å². The smallest absolute Gasteiger partial charge is 0.326 e. The van der Waals surface area contributed by atoms with Crippen LogP contribution >= 0.6 is 23.5 Å². The molecular formula is C21H39N5O7S2. The van der Waals surface area contributed by atoms with E-state index in [1.807, 2.05) is 12.5 Å². The largest absolute Gasteiger partial charge is 0.481 e. The summed E-state index contributed by atoms with van der Waals surface area (Å²) in [5.41, 5.74) is 11.2. The van der Waals surface area contributed by atoms with Gasteiger partial charge in [-0.1, -0.05) is 0 Å². The van der Waals surface area contributed by atoms with Crippen LogP contribution in [0.4, 0.5) is 0 Å². The van der Waals surface area contributed by atoms with Crippen LogP contribution in [0.15, 0.2) is 0 Å². The molecule has 3 amide bonds. The number of unbranched alkanes of at least 4 members (excludes halogenated alkanes) is 1. The highest BCUT2D eigenvalue weighted by Gasteiger charge is 2.30. The van der Waals surface area contributed by atoms with Crippen LogP contribution in [0.1, 0.15) is 44.9 Å². The molecule has 4 atom stereocenters. The summed E-state index contributed by atoms with van der Waals surface area (Å²) in [6, 6.07) is -4.20. The number of carbonyl (C=O) groups excluding carboxylic acids is 3. The summed E-state index contributed by atoms with van der Waals surface area (Å²) < 4.78 is 0. The van der Waals surface area contributed by atoms with Crippen molar-refractivity contribution in [2.24, 2.45) is 11.5 Å². The average molecular weight is 538 g/mol. The molecule has 9 N–H and O–H groups in total. The number of thioether (sulfide) groups is 2. The Kier molecular flexibility index (Phi) is 18.1. The number of rotatable bonds is 20. The van der Waals surface area contributed by atoms with Crippen molar-refractivity contribution in [1.29, 1.82) is 0 Å². The van der Waals surface area contributed by atoms with Crippen LogP contribution in [0.3, 0.4) is 0 Å². The molecule has 0 bridgehead atoms. The lowest BCUT2D eigenvalue weighted by molar-refractivity contribution is -0.142. The second-order valence-electron chi connectivity index (χ2n) is 7.91. The summed E-state index contributed by atoms with van der Waals surface area (Å²) in [5.74, 6) is -3.09. The number of nitrogens with one attached hydrogen (secondary N) is 3. The van der Waals surface area contributed by atoms with Crippen LogP contribution in [0.2, 0.25) is 0 Å². The van der Waals surface area contributed by atoms with Crippen molar-refractivity contribution in [2.45, 2.75) is 69.1 Å². The Balaban J connectivity index is 5.35. The van der Waals surface area contributed by atoms with Crippen molar-refractivity contribution in [1.82, 2.24) is 16.0 Å². The molecule has 0 aliphatic heterocycles. The summed E-state index contributed by atoms with van der Waals surface area (Å²) >= 11 is 2.92. The molecular weight excluding hydrogens is 498 g/mol. The lowest BCUT2D eigenvalue weighted by atomic mass is 10.1. The van der Waals surface area contributed by atoms with Gasteiger partial charge in [0.05, 0.1) is 6.04 Å². The Hall–Kier alpha value is -2.03. The van der Waals surface area contributed by atoms with Crippen LogP contribution < -0.4 is 27.4 Å². The van der Waals surface area contributed by atoms with Gasteiger partial charge in [0.2, 0.25) is 17.7 Å². The maximum atomic E-state index is 13.0. The van der Waals surface area contributed by atoms with Gasteiger partial charge >= 0.3 is 11.9 Å². The van der Waals surface area contributed by atoms with E-state index in [4.69, 9.17) is 16.6 Å². The van der Waals surface area contributed by atoms with Gasteiger partial charge in [-0.05, 0) is 69.1 Å². The van der Waals surface area contributed by atoms with E-state index in [2.05, 4.69) is 16.0 Å². The predicted molar refractivity (Wildman–Crippen MR) is 137 cm³/mol. The van der Waals surface area contributed by atoms with Crippen molar-refractivity contribution < 1.29 is 34.2 Å². The number of carboxylic acid groups (broad SMARTS) is 2. The van der Waals surface area contributed by atoms with Crippen molar-refractivity contribution in [2.75, 3.05) is 30.6 Å². The lowest BCUT2D eigenvalue weighted by Crippen LogP contribution is -2.57. The van der Waals surface area contributed by atoms with Gasteiger partial charge in [0.15, 0.2) is 0 Å². The molecule has 0 fully saturated rings. The van der Waals surface area contributed by atoms with Gasteiger partial charge in [-0.2, -0.15) is 23.5 Å². The van der Waals surface area contributed by atoms with E-state index >= 15 is 0 Å². The molecule has 0 aromatic carbocycles. The monoisotopic (exact) mass is 537 g/mol. The molecule has 0 spiro atoms. The topological polar surface area (TPSA) is 214 Å². The number of carbonyl (C=O) groups is 5. The van der Waals surface area contributed by atoms with Crippen LogP contribution in [0.25, 0.3) is 0 Å². The Morgan fingerprint density at radius 3 is 1.66 bits per heavy atom. The maximum absolute atomic E-state index is 13.0. The van der Waals surface area contributed by atoms with Crippen molar-refractivity contribution >= 4 is 53.2 Å². The molecule has 0 radical (unpaired) electrons. The molecule has 0 aliphatic rings. The van der Waals surface area contributed by atoms with Gasteiger partial charge < -0.3 is 37.6 Å². The first-order chi connectivity index (χ1) is 16.6. The van der Waals surface area contributed by atoms with Crippen molar-refractivity contribution in [3.8, 4) is 0 Å². The van der Waals surface area contributed by atoms with Gasteiger partial charge in [-0.15, -0.1) is 0 Å². The Morgan fingerprint density at radius 1 is 0.743 bits per heavy atom. The molecule has 0 saturated carbocycles. The van der Waals surface area contributed by atoms with E-state index in [9.17, 15) is 29.1 Å². The minimum absolute atomic E-state index is 0.0858. The van der Waals surface area contributed by atoms with Crippen LogP contribution in [0, 0.1) is 0 Å². The third kappa shape index (κ3) is 14.9. The molecule has 35 heavy (non-hydrogen) atoms. The highest BCUT2D eigenvalue weighted by Crippen LogP contribution is 2.08. The van der Waals surface area contributed by atoms with E-state index in [1.54, 1.807) is 0 Å². The minimum atomic E-state index is -1.18. The Morgan fingerprint density at radius 2 is 1.23 bits per heavy atom. The second-order valence-corrected chi connectivity index (χ2v) is 9.88. The summed E-state index contributed by atoms with van der Waals surface area (Å²) in [7, 11) is 0. The first kappa shape index (κ1) is 33.0. The summed E-state index contributed by atoms with van der Waals surface area (Å²) in [6.07, 6.45) is 5.18. The van der Waals surface area contributed by atoms with E-state index in [-0.39, 0.29) is 32.1 Å². The zero-order valence-electron chi connectivity index (χ0n) is 20.3. The quantitative estimate of drug-likeness (QED) is 0.0969. The molecule has 12 nitrogen and oxygen atoms in total. The van der Waals surface area contributed by atoms with Gasteiger partial charge in [0.1, 0.15) is 18.1 Å². The number of nitrogens with two attached hydrogens (primary N) is 2. The van der Waals surface area contributed by atoms with Crippen LogP contribution in [0.5, 0.6) is 0 Å². The van der Waals surface area contributed by atoms with E-state index < -0.39 is 53.8 Å². The summed E-state index contributed by atoms with van der Waals surface area (Å²) in [6.45, 7) is 0.413.